The molecule has 308 valence electrons. The fraction of sp³-hybridized carbons (Fsp3) is 0.773. The van der Waals surface area contributed by atoms with E-state index in [2.05, 4.69) is 73.4 Å². The minimum atomic E-state index is -1.14. The van der Waals surface area contributed by atoms with Gasteiger partial charge in [-0.3, -0.25) is 9.59 Å². The molecule has 56 heavy (non-hydrogen) atoms. The van der Waals surface area contributed by atoms with Crippen molar-refractivity contribution in [2.24, 2.45) is 50.7 Å². The van der Waals surface area contributed by atoms with Crippen LogP contribution in [-0.4, -0.2) is 72.7 Å². The lowest BCUT2D eigenvalue weighted by Crippen LogP contribution is -2.66. The molecular formula is C44H65FN6O5. The van der Waals surface area contributed by atoms with E-state index >= 15 is 0 Å². The van der Waals surface area contributed by atoms with Crippen LogP contribution in [0.25, 0.3) is 11.6 Å². The summed E-state index contributed by atoms with van der Waals surface area (Å²) in [5.74, 6) is 1.51. The third kappa shape index (κ3) is 6.04. The zero-order valence-electron chi connectivity index (χ0n) is 35.3. The van der Waals surface area contributed by atoms with Crippen molar-refractivity contribution in [3.8, 4) is 11.6 Å². The number of rotatable bonds is 11. The molecule has 5 aliphatic rings. The number of carbonyl (C=O) groups is 2. The molecule has 3 N–H and O–H groups in total. The van der Waals surface area contributed by atoms with Crippen LogP contribution in [0.15, 0.2) is 23.5 Å². The molecule has 12 heteroatoms. The molecule has 0 bridgehead atoms. The van der Waals surface area contributed by atoms with Crippen molar-refractivity contribution in [1.29, 1.82) is 0 Å². The van der Waals surface area contributed by atoms with Crippen LogP contribution in [0, 0.1) is 56.6 Å². The SMILES string of the molecule is CNCCn1c(-c2ncc(F)cn2)nnc1C12CCC3(C)C(CCC4C5(C)CCC(OC(O)CC(C)(C)C(=O)O)C(C)(C)C5CCC43C)C1=C(C(C)C)C(=O)C2. The topological polar surface area (TPSA) is 152 Å². The van der Waals surface area contributed by atoms with Gasteiger partial charge in [-0.1, -0.05) is 48.5 Å². The highest BCUT2D eigenvalue weighted by Crippen LogP contribution is 2.76. The molecule has 0 amide bonds. The van der Waals surface area contributed by atoms with Gasteiger partial charge in [-0.05, 0) is 129 Å². The van der Waals surface area contributed by atoms with Crippen molar-refractivity contribution >= 4 is 11.8 Å². The Bertz CT molecular complexity index is 1890. The maximum atomic E-state index is 14.4. The van der Waals surface area contributed by atoms with E-state index in [1.807, 2.05) is 7.05 Å². The quantitative estimate of drug-likeness (QED) is 0.195. The van der Waals surface area contributed by atoms with Crippen LogP contribution in [-0.2, 0) is 26.3 Å². The standard InChI is InChI=1S/C44H65FN6O5/c1-25(2)33-28(52)21-44(37-50-49-36(51(37)20-19-46-10)35-47-23-26(45)24-48-35)18-17-42(8)27(34(33)44)11-12-30-41(7)15-14-31(56-32(53)22-39(3,4)38(54)55)40(5,6)29(41)13-16-43(30,42)9/h23-25,27,29-32,46,53H,11-22H2,1-10H3,(H,54,55). The molecule has 2 heterocycles. The maximum absolute atomic E-state index is 14.4. The minimum Gasteiger partial charge on any atom is -0.481 e. The highest BCUT2D eigenvalue weighted by molar-refractivity contribution is 6.01. The van der Waals surface area contributed by atoms with E-state index in [-0.39, 0.29) is 51.8 Å². The van der Waals surface area contributed by atoms with Gasteiger partial charge in [0.15, 0.2) is 23.7 Å². The van der Waals surface area contributed by atoms with Gasteiger partial charge in [0.1, 0.15) is 5.82 Å². The predicted octanol–water partition coefficient (Wildman–Crippen LogP) is 7.53. The molecule has 0 aromatic carbocycles. The molecule has 0 aliphatic heterocycles. The first-order valence-corrected chi connectivity index (χ1v) is 21.1. The number of aliphatic hydroxyl groups excluding tert-OH is 1. The summed E-state index contributed by atoms with van der Waals surface area (Å²) in [5, 5.41) is 33.5. The van der Waals surface area contributed by atoms with E-state index in [0.717, 1.165) is 75.2 Å². The van der Waals surface area contributed by atoms with Gasteiger partial charge in [0.2, 0.25) is 5.82 Å². The van der Waals surface area contributed by atoms with Crippen LogP contribution in [0.1, 0.15) is 132 Å². The number of nitrogens with one attached hydrogen (secondary N) is 1. The van der Waals surface area contributed by atoms with Gasteiger partial charge in [0, 0.05) is 25.9 Å². The maximum Gasteiger partial charge on any atom is 0.309 e. The first kappa shape index (κ1) is 41.1. The van der Waals surface area contributed by atoms with E-state index in [0.29, 0.717) is 43.0 Å². The van der Waals surface area contributed by atoms with Crippen molar-refractivity contribution in [1.82, 2.24) is 30.0 Å². The largest absolute Gasteiger partial charge is 0.481 e. The summed E-state index contributed by atoms with van der Waals surface area (Å²) in [6, 6.07) is 0. The lowest BCUT2D eigenvalue weighted by atomic mass is 9.33. The zero-order chi connectivity index (χ0) is 40.8. The normalized spacial score (nSPS) is 35.8. The number of likely N-dealkylation sites (N-methyl/N-ethyl adjacent to an activating group) is 1. The molecular weight excluding hydrogens is 712 g/mol. The van der Waals surface area contributed by atoms with E-state index in [4.69, 9.17) is 9.84 Å². The van der Waals surface area contributed by atoms with Gasteiger partial charge in [0.25, 0.3) is 0 Å². The van der Waals surface area contributed by atoms with Gasteiger partial charge >= 0.3 is 5.97 Å². The molecule has 0 radical (unpaired) electrons. The van der Waals surface area contributed by atoms with Crippen molar-refractivity contribution in [3.63, 3.8) is 0 Å². The lowest BCUT2D eigenvalue weighted by molar-refractivity contribution is -0.257. The summed E-state index contributed by atoms with van der Waals surface area (Å²) in [7, 11) is 1.91. The molecule has 4 fully saturated rings. The van der Waals surface area contributed by atoms with E-state index in [9.17, 15) is 24.2 Å². The summed E-state index contributed by atoms with van der Waals surface area (Å²) in [4.78, 5) is 34.8. The number of ether oxygens (including phenoxy) is 1. The Morgan fingerprint density at radius 2 is 1.70 bits per heavy atom. The number of nitrogens with zero attached hydrogens (tertiary/aromatic N) is 5. The second kappa shape index (κ2) is 14.0. The molecule has 0 saturated heterocycles. The van der Waals surface area contributed by atoms with Gasteiger partial charge in [-0.25, -0.2) is 14.4 Å². The fourth-order valence-electron chi connectivity index (χ4n) is 13.6. The number of aromatic nitrogens is 5. The number of halogens is 1. The summed E-state index contributed by atoms with van der Waals surface area (Å²) in [6.45, 7) is 21.0. The van der Waals surface area contributed by atoms with Crippen LogP contribution < -0.4 is 5.32 Å². The molecule has 4 saturated carbocycles. The van der Waals surface area contributed by atoms with Crippen molar-refractivity contribution < 1.29 is 28.9 Å². The van der Waals surface area contributed by atoms with Crippen molar-refractivity contribution in [2.45, 2.75) is 151 Å². The Balaban J connectivity index is 1.24. The number of fused-ring (bicyclic) bond motifs is 7. The molecule has 2 aromatic heterocycles. The van der Waals surface area contributed by atoms with E-state index in [1.54, 1.807) is 13.8 Å². The number of carbonyl (C=O) groups excluding carboxylic acids is 1. The molecule has 9 unspecified atom stereocenters. The number of carboxylic acids is 1. The number of hydrogen-bond acceptors (Lipinski definition) is 9. The summed E-state index contributed by atoms with van der Waals surface area (Å²) < 4.78 is 22.4. The number of carboxylic acid groups (broad SMARTS) is 1. The Morgan fingerprint density at radius 1 is 1.00 bits per heavy atom. The number of hydrogen-bond donors (Lipinski definition) is 3. The van der Waals surface area contributed by atoms with Gasteiger partial charge in [-0.2, -0.15) is 0 Å². The molecule has 7 rings (SSSR count). The van der Waals surface area contributed by atoms with Gasteiger partial charge in [0.05, 0.1) is 29.3 Å². The summed E-state index contributed by atoms with van der Waals surface area (Å²) in [6.07, 6.45) is 9.22. The Labute approximate surface area is 332 Å². The average molecular weight is 777 g/mol. The number of allylic oxidation sites excluding steroid dienone is 2. The highest BCUT2D eigenvalue weighted by atomic mass is 19.1. The minimum absolute atomic E-state index is 0.0236. The second-order valence-electron chi connectivity index (χ2n) is 20.4. The van der Waals surface area contributed by atoms with Crippen LogP contribution in [0.5, 0.6) is 0 Å². The fourth-order valence-corrected chi connectivity index (χ4v) is 13.6. The van der Waals surface area contributed by atoms with Crippen molar-refractivity contribution in [3.05, 3.63) is 35.2 Å². The highest BCUT2D eigenvalue weighted by Gasteiger charge is 2.70. The van der Waals surface area contributed by atoms with E-state index in [1.165, 1.54) is 5.57 Å². The molecule has 9 atom stereocenters. The third-order valence-electron chi connectivity index (χ3n) is 16.5. The number of ketones is 1. The van der Waals surface area contributed by atoms with Crippen molar-refractivity contribution in [2.75, 3.05) is 13.6 Å². The monoisotopic (exact) mass is 777 g/mol. The smallest absolute Gasteiger partial charge is 0.309 e. The van der Waals surface area contributed by atoms with Crippen LogP contribution in [0.2, 0.25) is 0 Å². The first-order chi connectivity index (χ1) is 26.2. The van der Waals surface area contributed by atoms with Gasteiger partial charge in [-0.15, -0.1) is 10.2 Å². The molecule has 5 aliphatic carbocycles. The number of aliphatic hydroxyl groups is 1. The Hall–Kier alpha value is -3.09. The zero-order valence-corrected chi connectivity index (χ0v) is 35.3. The first-order valence-electron chi connectivity index (χ1n) is 21.1. The Kier molecular flexibility index (Phi) is 10.3. The number of aliphatic carboxylic acids is 1. The second-order valence-corrected chi connectivity index (χ2v) is 20.4. The summed E-state index contributed by atoms with van der Waals surface area (Å²) in [5.41, 5.74) is 0.420. The van der Waals surface area contributed by atoms with E-state index < -0.39 is 28.9 Å². The van der Waals surface area contributed by atoms with Crippen LogP contribution in [0.4, 0.5) is 4.39 Å². The lowest BCUT2D eigenvalue weighted by Gasteiger charge is -2.72. The molecule has 11 nitrogen and oxygen atoms in total. The van der Waals surface area contributed by atoms with Crippen LogP contribution in [0.3, 0.4) is 0 Å². The average Bonchev–Trinajstić information content (AvgIpc) is 3.68. The Morgan fingerprint density at radius 3 is 2.34 bits per heavy atom. The summed E-state index contributed by atoms with van der Waals surface area (Å²) >= 11 is 0. The van der Waals surface area contributed by atoms with Crippen LogP contribution >= 0.6 is 0 Å². The predicted molar refractivity (Wildman–Crippen MR) is 211 cm³/mol. The third-order valence-corrected chi connectivity index (χ3v) is 16.5. The number of Topliss-reactive ketones (excluding diaryl/α,β-unsaturated/α-hetero) is 1. The van der Waals surface area contributed by atoms with Gasteiger partial charge < -0.3 is 24.8 Å². The molecule has 2 aromatic rings. The molecule has 0 spiro atoms.